The third-order valence-electron chi connectivity index (χ3n) is 2.29. The maximum absolute atomic E-state index is 5.49. The molecule has 0 aromatic carbocycles. The van der Waals surface area contributed by atoms with Gasteiger partial charge in [0.1, 0.15) is 4.11 Å². The van der Waals surface area contributed by atoms with Gasteiger partial charge < -0.3 is 9.47 Å². The van der Waals surface area contributed by atoms with Crippen molar-refractivity contribution in [2.45, 2.75) is 30.5 Å². The molecule has 1 saturated heterocycles. The van der Waals surface area contributed by atoms with E-state index in [9.17, 15) is 0 Å². The summed E-state index contributed by atoms with van der Waals surface area (Å²) < 4.78 is 11.3. The van der Waals surface area contributed by atoms with Crippen LogP contribution in [0.1, 0.15) is 20.3 Å². The molecule has 0 saturated carbocycles. The van der Waals surface area contributed by atoms with Crippen LogP contribution in [-0.2, 0) is 9.47 Å². The van der Waals surface area contributed by atoms with Gasteiger partial charge in [-0.05, 0) is 20.3 Å². The zero-order valence-corrected chi connectivity index (χ0v) is 11.2. The molecule has 0 radical (unpaired) electrons. The van der Waals surface area contributed by atoms with Crippen molar-refractivity contribution in [3.63, 3.8) is 0 Å². The third-order valence-corrected chi connectivity index (χ3v) is 2.65. The first kappa shape index (κ1) is 12.7. The standard InChI is InChI=1S/C10H20INO2/c1-9-8-12(5-7-13-9)4-3-6-14-10(2)11/h9-10H,3-8H2,1-2H3. The molecule has 1 fully saturated rings. The molecule has 1 aliphatic heterocycles. The zero-order valence-electron chi connectivity index (χ0n) is 9.04. The lowest BCUT2D eigenvalue weighted by molar-refractivity contribution is -0.0208. The molecular formula is C10H20INO2. The van der Waals surface area contributed by atoms with Gasteiger partial charge in [-0.2, -0.15) is 0 Å². The second-order valence-electron chi connectivity index (χ2n) is 3.75. The monoisotopic (exact) mass is 313 g/mol. The van der Waals surface area contributed by atoms with Crippen LogP contribution in [0.15, 0.2) is 0 Å². The number of hydrogen-bond acceptors (Lipinski definition) is 3. The molecule has 14 heavy (non-hydrogen) atoms. The summed E-state index contributed by atoms with van der Waals surface area (Å²) >= 11 is 2.28. The lowest BCUT2D eigenvalue weighted by atomic mass is 10.3. The summed E-state index contributed by atoms with van der Waals surface area (Å²) in [5.74, 6) is 0. The van der Waals surface area contributed by atoms with Gasteiger partial charge in [0, 0.05) is 26.2 Å². The van der Waals surface area contributed by atoms with Crippen molar-refractivity contribution in [3.8, 4) is 0 Å². The fourth-order valence-corrected chi connectivity index (χ4v) is 1.88. The smallest absolute Gasteiger partial charge is 0.106 e. The Bertz CT molecular complexity index is 155. The first-order chi connectivity index (χ1) is 6.68. The van der Waals surface area contributed by atoms with E-state index in [1.54, 1.807) is 0 Å². The van der Waals surface area contributed by atoms with E-state index >= 15 is 0 Å². The van der Waals surface area contributed by atoms with Gasteiger partial charge in [-0.3, -0.25) is 4.90 Å². The lowest BCUT2D eigenvalue weighted by Crippen LogP contribution is -2.41. The van der Waals surface area contributed by atoms with E-state index in [0.717, 1.165) is 39.3 Å². The maximum Gasteiger partial charge on any atom is 0.106 e. The van der Waals surface area contributed by atoms with E-state index in [4.69, 9.17) is 9.47 Å². The second kappa shape index (κ2) is 6.98. The number of alkyl halides is 1. The first-order valence-electron chi connectivity index (χ1n) is 5.28. The number of hydrogen-bond donors (Lipinski definition) is 0. The summed E-state index contributed by atoms with van der Waals surface area (Å²) in [6, 6.07) is 0. The largest absolute Gasteiger partial charge is 0.376 e. The summed E-state index contributed by atoms with van der Waals surface area (Å²) in [4.78, 5) is 2.45. The van der Waals surface area contributed by atoms with Gasteiger partial charge in [0.05, 0.1) is 12.7 Å². The fourth-order valence-electron chi connectivity index (χ4n) is 1.63. The number of morpholine rings is 1. The second-order valence-corrected chi connectivity index (χ2v) is 5.50. The Labute approximate surface area is 100 Å². The Hall–Kier alpha value is 0.610. The Morgan fingerprint density at radius 2 is 2.43 bits per heavy atom. The molecule has 4 heteroatoms. The molecule has 0 N–H and O–H groups in total. The highest BCUT2D eigenvalue weighted by molar-refractivity contribution is 14.1. The molecular weight excluding hydrogens is 293 g/mol. The van der Waals surface area contributed by atoms with Crippen LogP contribution in [0.25, 0.3) is 0 Å². The Kier molecular flexibility index (Phi) is 6.32. The number of halogens is 1. The molecule has 2 unspecified atom stereocenters. The minimum Gasteiger partial charge on any atom is -0.376 e. The molecule has 0 aliphatic carbocycles. The quantitative estimate of drug-likeness (QED) is 0.440. The van der Waals surface area contributed by atoms with Crippen molar-refractivity contribution >= 4 is 22.6 Å². The summed E-state index contributed by atoms with van der Waals surface area (Å²) in [5, 5.41) is 0. The van der Waals surface area contributed by atoms with Gasteiger partial charge in [-0.25, -0.2) is 0 Å². The van der Waals surface area contributed by atoms with Crippen LogP contribution in [0.4, 0.5) is 0 Å². The van der Waals surface area contributed by atoms with Crippen molar-refractivity contribution in [1.29, 1.82) is 0 Å². The number of ether oxygens (including phenoxy) is 2. The highest BCUT2D eigenvalue weighted by Gasteiger charge is 2.15. The van der Waals surface area contributed by atoms with E-state index in [-0.39, 0.29) is 0 Å². The van der Waals surface area contributed by atoms with Gasteiger partial charge in [-0.1, -0.05) is 22.6 Å². The molecule has 84 valence electrons. The maximum atomic E-state index is 5.49. The molecule has 0 aromatic heterocycles. The highest BCUT2D eigenvalue weighted by Crippen LogP contribution is 2.06. The first-order valence-corrected chi connectivity index (χ1v) is 6.52. The molecule has 2 atom stereocenters. The van der Waals surface area contributed by atoms with Crippen molar-refractivity contribution in [2.75, 3.05) is 32.8 Å². The number of nitrogens with zero attached hydrogens (tertiary/aromatic N) is 1. The predicted octanol–water partition coefficient (Wildman–Crippen LogP) is 1.89. The molecule has 3 nitrogen and oxygen atoms in total. The van der Waals surface area contributed by atoms with Crippen molar-refractivity contribution in [1.82, 2.24) is 4.90 Å². The summed E-state index contributed by atoms with van der Waals surface area (Å²) in [6.07, 6.45) is 1.52. The normalized spacial score (nSPS) is 26.4. The predicted molar refractivity (Wildman–Crippen MR) is 65.9 cm³/mol. The fraction of sp³-hybridized carbons (Fsp3) is 1.00. The molecule has 0 bridgehead atoms. The molecule has 0 spiro atoms. The Morgan fingerprint density at radius 3 is 3.07 bits per heavy atom. The van der Waals surface area contributed by atoms with E-state index in [0.29, 0.717) is 10.2 Å². The van der Waals surface area contributed by atoms with E-state index in [2.05, 4.69) is 41.3 Å². The topological polar surface area (TPSA) is 21.7 Å². The van der Waals surface area contributed by atoms with Crippen LogP contribution in [0.5, 0.6) is 0 Å². The average molecular weight is 313 g/mol. The van der Waals surface area contributed by atoms with Crippen molar-refractivity contribution in [2.24, 2.45) is 0 Å². The Morgan fingerprint density at radius 1 is 1.64 bits per heavy atom. The summed E-state index contributed by atoms with van der Waals surface area (Å²) in [7, 11) is 0. The van der Waals surface area contributed by atoms with E-state index in [1.165, 1.54) is 0 Å². The third kappa shape index (κ3) is 5.48. The molecule has 0 amide bonds. The van der Waals surface area contributed by atoms with Crippen molar-refractivity contribution < 1.29 is 9.47 Å². The van der Waals surface area contributed by atoms with Crippen LogP contribution >= 0.6 is 22.6 Å². The van der Waals surface area contributed by atoms with Gasteiger partial charge in [0.25, 0.3) is 0 Å². The van der Waals surface area contributed by atoms with Gasteiger partial charge in [-0.15, -0.1) is 0 Å². The van der Waals surface area contributed by atoms with Crippen LogP contribution < -0.4 is 0 Å². The molecule has 1 rings (SSSR count). The minimum absolute atomic E-state index is 0.330. The summed E-state index contributed by atoms with van der Waals surface area (Å²) in [6.45, 7) is 9.23. The average Bonchev–Trinajstić information content (AvgIpc) is 2.12. The Balaban J connectivity index is 2.00. The van der Waals surface area contributed by atoms with Crippen LogP contribution in [0, 0.1) is 0 Å². The van der Waals surface area contributed by atoms with Gasteiger partial charge in [0.15, 0.2) is 0 Å². The van der Waals surface area contributed by atoms with Crippen LogP contribution in [0.3, 0.4) is 0 Å². The van der Waals surface area contributed by atoms with Gasteiger partial charge in [0.2, 0.25) is 0 Å². The summed E-state index contributed by atoms with van der Waals surface area (Å²) in [5.41, 5.74) is 0. The highest BCUT2D eigenvalue weighted by atomic mass is 127. The van der Waals surface area contributed by atoms with Gasteiger partial charge >= 0.3 is 0 Å². The molecule has 1 aliphatic rings. The van der Waals surface area contributed by atoms with E-state index < -0.39 is 0 Å². The lowest BCUT2D eigenvalue weighted by Gasteiger charge is -2.30. The minimum atomic E-state index is 0.330. The van der Waals surface area contributed by atoms with Crippen LogP contribution in [-0.4, -0.2) is 48.0 Å². The SMILES string of the molecule is CC(I)OCCCN1CCOC(C)C1. The number of rotatable bonds is 5. The molecule has 0 aromatic rings. The van der Waals surface area contributed by atoms with Crippen molar-refractivity contribution in [3.05, 3.63) is 0 Å². The van der Waals surface area contributed by atoms with E-state index in [1.807, 2.05) is 0 Å². The van der Waals surface area contributed by atoms with Crippen LogP contribution in [0.2, 0.25) is 0 Å². The zero-order chi connectivity index (χ0) is 10.4. The molecule has 1 heterocycles.